The minimum atomic E-state index is -2.47. The third-order valence-corrected chi connectivity index (χ3v) is 19.8. The van der Waals surface area contributed by atoms with Gasteiger partial charge in [-0.3, -0.25) is 91.1 Å². The molecule has 1 fully saturated rings. The summed E-state index contributed by atoms with van der Waals surface area (Å²) in [5, 5.41) is 83.5. The van der Waals surface area contributed by atoms with Crippen molar-refractivity contribution in [1.82, 2.24) is 79.4 Å². The van der Waals surface area contributed by atoms with E-state index in [0.29, 0.717) is 40.7 Å². The van der Waals surface area contributed by atoms with E-state index in [9.17, 15) is 121 Å². The molecule has 14 amide bonds. The van der Waals surface area contributed by atoms with E-state index in [4.69, 9.17) is 20.6 Å². The van der Waals surface area contributed by atoms with Crippen molar-refractivity contribution in [2.75, 3.05) is 32.0 Å². The number of carboxylic acid groups (broad SMARTS) is 4. The number of fused-ring (bicyclic) bond motifs is 2. The summed E-state index contributed by atoms with van der Waals surface area (Å²) in [5.41, 5.74) is 13.0. The standard InChI is InChI=1S/C81H107N17O27/c1-5-6-7-8-9-10-11-26-62(102)90-52(30-45-36-85-50-23-16-14-20-47(45)50)75(117)93-53(32-61(83)101)76(118)95-56(35-68(111)112)77(119)98-70-43(4)124-81(123)57(31-59(100)48-21-13-15-22-49(48)82)96-80(122)69(41(2)28-65(105)106)97-78(120)58(40-99)91-64(104)38-86-72(114)54(33-66(107)108)92-71(113)42(3)88-74(116)55(34-67(109)110)94-73(115)51(89-63(103)39-87-79(70)121)24-18-27-84-37-46-29-44-19-12-17-25-60(44)125-46/h12-17,19-23,25,29,36,41-43,51-58,69-70,84-85,99H,5-11,18,24,26-28,30-35,37-40,82H2,1-4H3,(H2,83,101)(H,86,114)(H,87,121)(H,88,116)(H,89,103)(H,90,102)(H,91,104)(H,92,113)(H,93,117)(H,94,115)(H,95,118)(H,96,122)(H,97,120)(H,98,119)(H,105,106)(H,107,108)(H,109,110)(H,111,112). The van der Waals surface area contributed by atoms with Gasteiger partial charge in [-0.05, 0) is 81.5 Å². The number of nitrogens with two attached hydrogens (primary N) is 2. The van der Waals surface area contributed by atoms with Crippen LogP contribution in [0.25, 0.3) is 21.9 Å². The normalized spacial score (nSPS) is 20.5. The number of aromatic nitrogens is 1. The summed E-state index contributed by atoms with van der Waals surface area (Å²) in [5.74, 6) is -29.3. The Kier molecular flexibility index (Phi) is 39.8. The lowest BCUT2D eigenvalue weighted by molar-refractivity contribution is -0.156. The highest BCUT2D eigenvalue weighted by molar-refractivity contribution is 6.05. The molecule has 1 saturated heterocycles. The number of cyclic esters (lactones) is 1. The first-order chi connectivity index (χ1) is 59.3. The smallest absolute Gasteiger partial charge is 0.329 e. The first kappa shape index (κ1) is 99.9. The van der Waals surface area contributed by atoms with Crippen LogP contribution >= 0.6 is 0 Å². The topological polar surface area (TPSA) is 701 Å². The highest BCUT2D eigenvalue weighted by Gasteiger charge is 2.41. The fourth-order valence-electron chi connectivity index (χ4n) is 13.2. The molecule has 24 N–H and O–H groups in total. The largest absolute Gasteiger partial charge is 0.481 e. The molecule has 125 heavy (non-hydrogen) atoms. The van der Waals surface area contributed by atoms with Crippen molar-refractivity contribution in [2.24, 2.45) is 11.7 Å². The van der Waals surface area contributed by atoms with Gasteiger partial charge in [0.2, 0.25) is 82.7 Å². The number of H-pyrrole nitrogens is 1. The van der Waals surface area contributed by atoms with Gasteiger partial charge in [-0.2, -0.15) is 0 Å². The number of hydrogen-bond donors (Lipinski definition) is 22. The number of nitrogen functional groups attached to an aromatic ring is 1. The number of hydrogen-bond acceptors (Lipinski definition) is 25. The molecule has 5 aromatic rings. The summed E-state index contributed by atoms with van der Waals surface area (Å²) in [4.78, 5) is 280. The number of aliphatic hydroxyl groups is 1. The maximum absolute atomic E-state index is 15.0. The molecule has 13 atom stereocenters. The number of furan rings is 1. The summed E-state index contributed by atoms with van der Waals surface area (Å²) >= 11 is 0. The second-order valence-electron chi connectivity index (χ2n) is 29.9. The Morgan fingerprint density at radius 3 is 1.76 bits per heavy atom. The second kappa shape index (κ2) is 49.8. The van der Waals surface area contributed by atoms with Crippen LogP contribution in [0.2, 0.25) is 0 Å². The van der Waals surface area contributed by atoms with E-state index >= 15 is 0 Å². The molecule has 13 unspecified atom stereocenters. The maximum Gasteiger partial charge on any atom is 0.329 e. The Labute approximate surface area is 714 Å². The highest BCUT2D eigenvalue weighted by atomic mass is 16.5. The first-order valence-corrected chi connectivity index (χ1v) is 40.3. The van der Waals surface area contributed by atoms with E-state index in [2.05, 4.69) is 75.7 Å². The molecular formula is C81H107N17O27. The van der Waals surface area contributed by atoms with Crippen LogP contribution in [0.3, 0.4) is 0 Å². The number of para-hydroxylation sites is 3. The second-order valence-corrected chi connectivity index (χ2v) is 29.9. The highest BCUT2D eigenvalue weighted by Crippen LogP contribution is 2.23. The maximum atomic E-state index is 15.0. The van der Waals surface area contributed by atoms with Gasteiger partial charge in [-0.1, -0.05) is 101 Å². The van der Waals surface area contributed by atoms with Crippen molar-refractivity contribution in [2.45, 2.75) is 216 Å². The summed E-state index contributed by atoms with van der Waals surface area (Å²) in [6, 6.07) is -1.88. The number of benzene rings is 3. The number of Topliss-reactive ketones (excluding diaryl/α,β-unsaturated/α-hetero) is 1. The number of carbonyl (C=O) groups excluding carboxylic acids is 16. The third kappa shape index (κ3) is 33.1. The number of esters is 1. The lowest BCUT2D eigenvalue weighted by Crippen LogP contribution is -2.62. The first-order valence-electron chi connectivity index (χ1n) is 40.3. The van der Waals surface area contributed by atoms with Crippen LogP contribution in [0, 0.1) is 5.92 Å². The predicted molar refractivity (Wildman–Crippen MR) is 439 cm³/mol. The van der Waals surface area contributed by atoms with E-state index in [1.54, 1.807) is 60.8 Å². The van der Waals surface area contributed by atoms with Crippen molar-refractivity contribution in [1.29, 1.82) is 0 Å². The number of carbonyl (C=O) groups is 20. The van der Waals surface area contributed by atoms with Crippen molar-refractivity contribution in [3.8, 4) is 0 Å². The lowest BCUT2D eigenvalue weighted by Gasteiger charge is -2.30. The molecule has 44 nitrogen and oxygen atoms in total. The Balaban J connectivity index is 1.42. The van der Waals surface area contributed by atoms with E-state index in [1.807, 2.05) is 10.6 Å². The van der Waals surface area contributed by atoms with Crippen LogP contribution in [0.4, 0.5) is 5.69 Å². The fraction of sp³-hybridized carbons (Fsp3) is 0.481. The minimum Gasteiger partial charge on any atom is -0.481 e. The van der Waals surface area contributed by atoms with Gasteiger partial charge in [0.1, 0.15) is 83.9 Å². The third-order valence-electron chi connectivity index (χ3n) is 19.8. The van der Waals surface area contributed by atoms with Crippen LogP contribution in [-0.4, -0.2) is 248 Å². The monoisotopic (exact) mass is 1750 g/mol. The number of aliphatic carboxylic acids is 4. The molecule has 6 rings (SSSR count). The molecule has 0 radical (unpaired) electrons. The van der Waals surface area contributed by atoms with E-state index in [1.165, 1.54) is 24.3 Å². The molecule has 0 aliphatic carbocycles. The van der Waals surface area contributed by atoms with Gasteiger partial charge in [0, 0.05) is 53.0 Å². The van der Waals surface area contributed by atoms with E-state index in [0.717, 1.165) is 58.3 Å². The molecule has 0 bridgehead atoms. The summed E-state index contributed by atoms with van der Waals surface area (Å²) in [7, 11) is 0. The molecule has 2 aromatic heterocycles. The zero-order valence-corrected chi connectivity index (χ0v) is 69.0. The SMILES string of the molecule is CCCCCCCCCC(=O)NC(Cc1c[nH]c2ccccc12)C(=O)NC(CC(N)=O)C(=O)NC(CC(=O)O)C(=O)NC1C(=O)NCC(=O)NC(CCCNCc2cc3ccccc3o2)C(=O)NC(CC(=O)O)C(=O)NC(C)C(=O)NC(CC(=O)O)C(=O)NCC(=O)NC(CO)C(=O)NC(C(C)CC(=O)O)C(=O)NC(CC(=O)c2ccccc2N)C(=O)OC1C. The molecule has 3 aromatic carbocycles. The summed E-state index contributed by atoms with van der Waals surface area (Å²) in [6.07, 6.45) is -2.35. The average molecular weight is 1750 g/mol. The van der Waals surface area contributed by atoms with E-state index in [-0.39, 0.29) is 50.0 Å². The number of ether oxygens (including phenoxy) is 1. The number of nitrogens with one attached hydrogen (secondary N) is 15. The summed E-state index contributed by atoms with van der Waals surface area (Å²) in [6.45, 7) is 1.45. The number of aliphatic hydroxyl groups excluding tert-OH is 1. The Morgan fingerprint density at radius 2 is 1.12 bits per heavy atom. The van der Waals surface area contributed by atoms with Crippen LogP contribution < -0.4 is 85.9 Å². The quantitative estimate of drug-likeness (QED) is 0.00808. The average Bonchev–Trinajstić information content (AvgIpc) is 1.73. The van der Waals surface area contributed by atoms with Crippen molar-refractivity contribution in [3.63, 3.8) is 0 Å². The Morgan fingerprint density at radius 1 is 0.552 bits per heavy atom. The zero-order chi connectivity index (χ0) is 92.1. The van der Waals surface area contributed by atoms with Crippen LogP contribution in [0.15, 0.2) is 89.5 Å². The Hall–Kier alpha value is -13.9. The van der Waals surface area contributed by atoms with Gasteiger partial charge in [0.05, 0.1) is 58.3 Å². The predicted octanol–water partition coefficient (Wildman–Crippen LogP) is -3.04. The van der Waals surface area contributed by atoms with Gasteiger partial charge in [0.15, 0.2) is 5.78 Å². The summed E-state index contributed by atoms with van der Waals surface area (Å²) < 4.78 is 11.6. The fourth-order valence-corrected chi connectivity index (χ4v) is 13.2. The molecule has 678 valence electrons. The Bertz CT molecular complexity index is 4710. The molecule has 1 aliphatic heterocycles. The molecule has 0 saturated carbocycles. The number of anilines is 1. The number of rotatable bonds is 38. The number of aromatic amines is 1. The van der Waals surface area contributed by atoms with Gasteiger partial charge in [-0.15, -0.1) is 0 Å². The van der Waals surface area contributed by atoms with Crippen LogP contribution in [0.1, 0.15) is 152 Å². The van der Waals surface area contributed by atoms with Gasteiger partial charge >= 0.3 is 29.8 Å². The minimum absolute atomic E-state index is 0.0226. The number of unbranched alkanes of at least 4 members (excludes halogenated alkanes) is 6. The molecule has 0 spiro atoms. The van der Waals surface area contributed by atoms with Gasteiger partial charge < -0.3 is 126 Å². The molecule has 44 heteroatoms. The number of ketones is 1. The van der Waals surface area contributed by atoms with E-state index < -0.39 is 255 Å². The molecule has 1 aliphatic rings. The van der Waals surface area contributed by atoms with Crippen molar-refractivity contribution >= 4 is 146 Å². The number of carboxylic acids is 4. The van der Waals surface area contributed by atoms with Gasteiger partial charge in [0.25, 0.3) is 0 Å². The van der Waals surface area contributed by atoms with Crippen LogP contribution in [0.5, 0.6) is 0 Å². The van der Waals surface area contributed by atoms with Gasteiger partial charge in [-0.25, -0.2) is 4.79 Å². The van der Waals surface area contributed by atoms with Crippen molar-refractivity contribution in [3.05, 3.63) is 102 Å². The zero-order valence-electron chi connectivity index (χ0n) is 69.0. The lowest BCUT2D eigenvalue weighted by atomic mass is 9.96. The number of amides is 14. The molecular weight excluding hydrogens is 1640 g/mol. The number of primary amides is 1. The molecule has 3 heterocycles. The van der Waals surface area contributed by atoms with Crippen LogP contribution in [-0.2, 0) is 109 Å². The van der Waals surface area contributed by atoms with Crippen molar-refractivity contribution < 1.29 is 131 Å².